The first kappa shape index (κ1) is 111. The van der Waals surface area contributed by atoms with Crippen molar-refractivity contribution in [2.75, 3.05) is 0 Å². The lowest BCUT2D eigenvalue weighted by Crippen LogP contribution is -2.28. The summed E-state index contributed by atoms with van der Waals surface area (Å²) in [7, 11) is 0. The molecule has 0 radical (unpaired) electrons. The number of carbonyl (C=O) groups excluding carboxylic acids is 5. The molecule has 0 aliphatic carbocycles. The van der Waals surface area contributed by atoms with Gasteiger partial charge in [-0.2, -0.15) is 0 Å². The molecule has 25 nitrogen and oxygen atoms in total. The van der Waals surface area contributed by atoms with Crippen LogP contribution in [-0.2, 0) is 60.8 Å². The predicted molar refractivity (Wildman–Crippen MR) is 580 cm³/mol. The van der Waals surface area contributed by atoms with Crippen LogP contribution < -0.4 is 0 Å². The van der Waals surface area contributed by atoms with Crippen LogP contribution >= 0.6 is 58.8 Å². The Morgan fingerprint density at radius 2 is 0.507 bits per heavy atom. The fourth-order valence-electron chi connectivity index (χ4n) is 16.8. The quantitative estimate of drug-likeness (QED) is 0.0223. The number of hydrogen-bond acceptors (Lipinski definition) is 20. The Morgan fingerprint density at radius 3 is 0.799 bits per heavy atom. The van der Waals surface area contributed by atoms with E-state index < -0.39 is 53.6 Å². The van der Waals surface area contributed by atoms with E-state index in [1.54, 1.807) is 18.6 Å². The number of Topliss-reactive ketones (excluding diaryl/α,β-unsaturated/α-hetero) is 5. The lowest BCUT2D eigenvalue weighted by molar-refractivity contribution is -0.139. The number of rotatable bonds is 39. The van der Waals surface area contributed by atoms with Crippen molar-refractivity contribution >= 4 is 171 Å². The summed E-state index contributed by atoms with van der Waals surface area (Å²) in [5.74, 6) is -4.46. The van der Waals surface area contributed by atoms with Gasteiger partial charge < -0.3 is 25.5 Å². The van der Waals surface area contributed by atoms with Gasteiger partial charge in [0.25, 0.3) is 0 Å². The van der Waals surface area contributed by atoms with E-state index in [0.717, 1.165) is 101 Å². The number of imidazole rings is 5. The number of nitrogens with zero attached hydrogens (tertiary/aromatic N) is 10. The lowest BCUT2D eigenvalue weighted by atomic mass is 9.95. The van der Waals surface area contributed by atoms with Gasteiger partial charge >= 0.3 is 29.8 Å². The molecule has 0 saturated heterocycles. The molecule has 5 N–H and O–H groups in total. The number of carboxylic acid groups (broad SMARTS) is 5. The van der Waals surface area contributed by atoms with E-state index in [9.17, 15) is 47.9 Å². The highest BCUT2D eigenvalue weighted by Crippen LogP contribution is 2.45. The maximum atomic E-state index is 12.6. The van der Waals surface area contributed by atoms with Crippen LogP contribution in [-0.4, -0.2) is 156 Å². The van der Waals surface area contributed by atoms with E-state index in [4.69, 9.17) is 25.5 Å². The summed E-state index contributed by atoms with van der Waals surface area (Å²) in [5.41, 5.74) is 14.4. The molecule has 10 aromatic carbocycles. The number of aliphatic carboxylic acids is 5. The average molecular weight is 2040 g/mol. The normalized spacial score (nSPS) is 11.8. The van der Waals surface area contributed by atoms with Gasteiger partial charge in [0.15, 0.2) is 25.8 Å². The minimum atomic E-state index is -0.961. The summed E-state index contributed by atoms with van der Waals surface area (Å²) >= 11 is 6.85. The molecule has 0 saturated carbocycles. The number of carbonyl (C=O) groups is 10. The molecule has 0 aliphatic rings. The summed E-state index contributed by atoms with van der Waals surface area (Å²) in [6.07, 6.45) is 13.9. The largest absolute Gasteiger partial charge is 0.481 e. The van der Waals surface area contributed by atoms with Crippen LogP contribution in [0.2, 0.25) is 0 Å². The summed E-state index contributed by atoms with van der Waals surface area (Å²) in [5, 5.41) is 59.7. The van der Waals surface area contributed by atoms with Gasteiger partial charge in [0.2, 0.25) is 0 Å². The maximum absolute atomic E-state index is 12.6. The third-order valence-electron chi connectivity index (χ3n) is 25.1. The van der Waals surface area contributed by atoms with Crippen LogP contribution in [0.25, 0.3) is 82.3 Å². The van der Waals surface area contributed by atoms with E-state index in [1.165, 1.54) is 114 Å². The SMILES string of the molecule is CC(C)c1ccc(-n2ccnc2SC(C)(C)C(=O)CCC(=O)O)c2ccccc12.CCc1ccc(-n2c(C)cnc2SC(C)(C)C(=O)CCC(=O)O)c2ccccc12.CCc1ccc(-n2ccnc2SC(C)(C)C(=O)CCC(=O)O)c2ccccc12.Cc1ccc(-n2c(C)cnc2SC(C)(C)C(=O)CCC(=O)O)c2ccccc12.Cc1cnc(SC(C)(C)C(=O)CCC(=O)O)n1-c1ccc(C(C)C)c2ccccc12. The first-order valence-electron chi connectivity index (χ1n) is 48.0. The Labute approximate surface area is 862 Å². The number of aromatic nitrogens is 10. The summed E-state index contributed by atoms with van der Waals surface area (Å²) in [6.45, 7) is 39.4. The van der Waals surface area contributed by atoms with Crippen LogP contribution in [0.4, 0.5) is 0 Å². The first-order valence-corrected chi connectivity index (χ1v) is 52.1. The van der Waals surface area contributed by atoms with Crippen molar-refractivity contribution in [3.05, 3.63) is 270 Å². The molecule has 15 rings (SSSR count). The van der Waals surface area contributed by atoms with Crippen molar-refractivity contribution in [3.63, 3.8) is 0 Å². The zero-order valence-corrected chi connectivity index (χ0v) is 89.4. The Hall–Kier alpha value is -13.0. The zero-order chi connectivity index (χ0) is 105. The molecule has 0 amide bonds. The van der Waals surface area contributed by atoms with E-state index in [0.29, 0.717) is 22.1 Å². The van der Waals surface area contributed by atoms with Gasteiger partial charge in [-0.3, -0.25) is 70.8 Å². The Kier molecular flexibility index (Phi) is 37.6. The average Bonchev–Trinajstić information content (AvgIpc) is 1.52. The maximum Gasteiger partial charge on any atom is 0.303 e. The van der Waals surface area contributed by atoms with Crippen LogP contribution in [0.15, 0.2) is 251 Å². The summed E-state index contributed by atoms with van der Waals surface area (Å²) in [6, 6.07) is 62.7. The number of fused-ring (bicyclic) bond motifs is 5. The smallest absolute Gasteiger partial charge is 0.303 e. The molecule has 5 heterocycles. The first-order chi connectivity index (χ1) is 68.1. The standard InChI is InChI=1S/C24H28N2O3S.2C23H26N2O3S.2C22H24N2O3S/c1-15(2)17-10-11-20(19-9-7-6-8-18(17)19)26-16(3)14-25-23(26)30-24(4,5)21(27)12-13-22(28)29;1-15(2)16-9-10-19(18-8-6-5-7-17(16)18)25-14-13-24-22(25)29-23(3,4)20(26)11-12-21(27)28;1-5-16-10-11-19(18-9-7-6-8-17(16)18)25-15(2)14-24-22(25)29-23(3,4)20(26)12-13-21(27)28;1-14-9-10-18(17-8-6-5-7-16(14)17)24-15(2)13-23-21(24)28-22(3,4)19(25)11-12-20(26)27;1-4-15-9-10-18(17-8-6-5-7-16(15)17)24-14-13-23-21(24)28-22(2,3)19(25)11-12-20(26)27/h6-11,14-15H,12-13H2,1-5H3,(H,28,29);5-10,13-15H,11-12H2,1-4H3,(H,27,28);6-11,14H,5,12-13H2,1-4H3,(H,27,28);5-10,13H,11-12H2,1-4H3,(H,26,27);5-10,13-14H,4,11-12H2,1-3H3,(H,26,27). The molecule has 15 aromatic rings. The number of carboxylic acids is 5. The molecule has 754 valence electrons. The second-order valence-electron chi connectivity index (χ2n) is 38.3. The highest BCUT2D eigenvalue weighted by molar-refractivity contribution is 8.02. The number of thioether (sulfide) groups is 5. The molecular formula is C114H128N10O15S5. The molecule has 30 heteroatoms. The fraction of sp³-hybridized carbons (Fsp3) is 0.342. The highest BCUT2D eigenvalue weighted by Gasteiger charge is 2.38. The summed E-state index contributed by atoms with van der Waals surface area (Å²) in [4.78, 5) is 140. The van der Waals surface area contributed by atoms with Crippen molar-refractivity contribution in [1.29, 1.82) is 0 Å². The molecule has 0 aliphatic heterocycles. The second-order valence-corrected chi connectivity index (χ2v) is 46.3. The van der Waals surface area contributed by atoms with Gasteiger partial charge in [-0.25, -0.2) is 24.9 Å². The van der Waals surface area contributed by atoms with Crippen LogP contribution in [0.3, 0.4) is 0 Å². The number of ketones is 5. The van der Waals surface area contributed by atoms with Crippen molar-refractivity contribution in [1.82, 2.24) is 47.8 Å². The van der Waals surface area contributed by atoms with Crippen molar-refractivity contribution in [3.8, 4) is 28.4 Å². The van der Waals surface area contributed by atoms with Crippen molar-refractivity contribution in [2.45, 2.75) is 277 Å². The second kappa shape index (κ2) is 48.6. The Bertz CT molecular complexity index is 7260. The van der Waals surface area contributed by atoms with Crippen LogP contribution in [0.1, 0.15) is 232 Å². The molecule has 0 atom stereocenters. The Balaban J connectivity index is 0.000000172. The monoisotopic (exact) mass is 2040 g/mol. The van der Waals surface area contributed by atoms with Gasteiger partial charge in [0.1, 0.15) is 28.9 Å². The van der Waals surface area contributed by atoms with Crippen LogP contribution in [0, 0.1) is 27.7 Å². The van der Waals surface area contributed by atoms with Crippen molar-refractivity contribution in [2.24, 2.45) is 0 Å². The van der Waals surface area contributed by atoms with Crippen molar-refractivity contribution < 1.29 is 73.5 Å². The molecule has 0 spiro atoms. The minimum Gasteiger partial charge on any atom is -0.481 e. The van der Waals surface area contributed by atoms with Gasteiger partial charge in [-0.15, -0.1) is 0 Å². The number of benzene rings is 10. The molecule has 0 bridgehead atoms. The van der Waals surface area contributed by atoms with Gasteiger partial charge in [0, 0.05) is 119 Å². The fourth-order valence-corrected chi connectivity index (χ4v) is 22.3. The van der Waals surface area contributed by atoms with E-state index in [-0.39, 0.29) is 93.1 Å². The third-order valence-corrected chi connectivity index (χ3v) is 31.1. The van der Waals surface area contributed by atoms with Gasteiger partial charge in [-0.1, -0.05) is 252 Å². The van der Waals surface area contributed by atoms with E-state index in [2.05, 4.69) is 214 Å². The van der Waals surface area contributed by atoms with Gasteiger partial charge in [-0.05, 0) is 207 Å². The molecule has 5 aromatic heterocycles. The number of hydrogen-bond donors (Lipinski definition) is 5. The summed E-state index contributed by atoms with van der Waals surface area (Å²) < 4.78 is 6.38. The molecule has 144 heavy (non-hydrogen) atoms. The topological polar surface area (TPSA) is 361 Å². The zero-order valence-electron chi connectivity index (χ0n) is 85.3. The third kappa shape index (κ3) is 27.3. The molecular weight excluding hydrogens is 1910 g/mol. The van der Waals surface area contributed by atoms with Crippen LogP contribution in [0.5, 0.6) is 0 Å². The predicted octanol–water partition coefficient (Wildman–Crippen LogP) is 26.3. The van der Waals surface area contributed by atoms with E-state index >= 15 is 0 Å². The van der Waals surface area contributed by atoms with Gasteiger partial charge in [0.05, 0.1) is 84.3 Å². The number of aryl methyl sites for hydroxylation is 6. The highest BCUT2D eigenvalue weighted by atomic mass is 32.2. The Morgan fingerprint density at radius 1 is 0.278 bits per heavy atom. The molecule has 0 unspecified atom stereocenters. The van der Waals surface area contributed by atoms with E-state index in [1.807, 2.05) is 179 Å². The molecule has 0 fully saturated rings. The lowest BCUT2D eigenvalue weighted by Gasteiger charge is -2.23. The minimum absolute atomic E-state index is 0.0149.